The van der Waals surface area contributed by atoms with Gasteiger partial charge in [-0.3, -0.25) is 4.79 Å². The fourth-order valence-electron chi connectivity index (χ4n) is 1.55. The predicted octanol–water partition coefficient (Wildman–Crippen LogP) is 3.66. The first kappa shape index (κ1) is 11.6. The number of phenols is 1. The van der Waals surface area contributed by atoms with E-state index < -0.39 is 5.82 Å². The lowest BCUT2D eigenvalue weighted by molar-refractivity contribution is 0.112. The van der Waals surface area contributed by atoms with Crippen molar-refractivity contribution in [1.29, 1.82) is 0 Å². The van der Waals surface area contributed by atoms with Gasteiger partial charge in [0, 0.05) is 5.56 Å². The Morgan fingerprint density at radius 1 is 1.24 bits per heavy atom. The Labute approximate surface area is 102 Å². The number of carbonyl (C=O) groups is 1. The molecule has 0 saturated heterocycles. The van der Waals surface area contributed by atoms with Crippen LogP contribution in [0, 0.1) is 5.82 Å². The summed E-state index contributed by atoms with van der Waals surface area (Å²) < 4.78 is 13.0. The Balaban J connectivity index is 2.60. The van der Waals surface area contributed by atoms with E-state index in [2.05, 4.69) is 0 Å². The number of phenolic OH excluding ortho intramolecular Hbond substituents is 1. The molecule has 0 saturated carbocycles. The second-order valence-electron chi connectivity index (χ2n) is 3.49. The molecule has 0 aliphatic carbocycles. The molecule has 0 spiro atoms. The maximum atomic E-state index is 13.0. The minimum absolute atomic E-state index is 0.0293. The van der Waals surface area contributed by atoms with E-state index in [-0.39, 0.29) is 16.3 Å². The van der Waals surface area contributed by atoms with Crippen LogP contribution in [0.2, 0.25) is 5.02 Å². The molecule has 17 heavy (non-hydrogen) atoms. The van der Waals surface area contributed by atoms with Gasteiger partial charge < -0.3 is 5.11 Å². The van der Waals surface area contributed by atoms with Gasteiger partial charge in [-0.05, 0) is 23.8 Å². The van der Waals surface area contributed by atoms with Crippen molar-refractivity contribution < 1.29 is 14.3 Å². The molecule has 2 rings (SSSR count). The van der Waals surface area contributed by atoms with Crippen molar-refractivity contribution in [3.63, 3.8) is 0 Å². The van der Waals surface area contributed by atoms with Crippen molar-refractivity contribution in [2.75, 3.05) is 0 Å². The molecule has 0 aliphatic rings. The van der Waals surface area contributed by atoms with Gasteiger partial charge in [0.25, 0.3) is 0 Å². The van der Waals surface area contributed by atoms with Crippen LogP contribution < -0.4 is 0 Å². The molecule has 86 valence electrons. The van der Waals surface area contributed by atoms with Crippen LogP contribution in [0.3, 0.4) is 0 Å². The lowest BCUT2D eigenvalue weighted by Crippen LogP contribution is -1.86. The number of benzene rings is 2. The normalized spacial score (nSPS) is 10.2. The minimum Gasteiger partial charge on any atom is -0.507 e. The van der Waals surface area contributed by atoms with Gasteiger partial charge in [-0.1, -0.05) is 29.8 Å². The first-order valence-electron chi connectivity index (χ1n) is 4.86. The fourth-order valence-corrected chi connectivity index (χ4v) is 1.73. The highest BCUT2D eigenvalue weighted by Gasteiger charge is 2.10. The summed E-state index contributed by atoms with van der Waals surface area (Å²) in [5, 5.41) is 9.81. The Hall–Kier alpha value is -1.87. The van der Waals surface area contributed by atoms with E-state index in [0.717, 1.165) is 0 Å². The summed E-state index contributed by atoms with van der Waals surface area (Å²) in [6.07, 6.45) is 0.559. The molecule has 0 aliphatic heterocycles. The zero-order valence-corrected chi connectivity index (χ0v) is 9.41. The van der Waals surface area contributed by atoms with E-state index >= 15 is 0 Å². The average Bonchev–Trinajstić information content (AvgIpc) is 2.33. The van der Waals surface area contributed by atoms with Crippen LogP contribution >= 0.6 is 11.6 Å². The second-order valence-corrected chi connectivity index (χ2v) is 3.90. The van der Waals surface area contributed by atoms with Gasteiger partial charge in [0.2, 0.25) is 0 Å². The smallest absolute Gasteiger partial charge is 0.153 e. The summed E-state index contributed by atoms with van der Waals surface area (Å²) in [6, 6.07) is 8.87. The largest absolute Gasteiger partial charge is 0.507 e. The van der Waals surface area contributed by atoms with Crippen molar-refractivity contribution in [2.24, 2.45) is 0 Å². The summed E-state index contributed by atoms with van der Waals surface area (Å²) in [5.74, 6) is -0.661. The monoisotopic (exact) mass is 250 g/mol. The molecule has 0 aromatic heterocycles. The third-order valence-corrected chi connectivity index (χ3v) is 2.71. The standard InChI is InChI=1S/C13H8ClFO2/c14-11-6-8(4-5-12(11)15)10-3-1-2-9(7-16)13(10)17/h1-7,17H. The van der Waals surface area contributed by atoms with Crippen LogP contribution in [0.15, 0.2) is 36.4 Å². The Bertz CT molecular complexity index is 582. The SMILES string of the molecule is O=Cc1cccc(-c2ccc(F)c(Cl)c2)c1O. The highest BCUT2D eigenvalue weighted by molar-refractivity contribution is 6.31. The van der Waals surface area contributed by atoms with Crippen molar-refractivity contribution in [3.05, 3.63) is 52.8 Å². The van der Waals surface area contributed by atoms with Gasteiger partial charge in [-0.15, -0.1) is 0 Å². The van der Waals surface area contributed by atoms with Gasteiger partial charge >= 0.3 is 0 Å². The van der Waals surface area contributed by atoms with Crippen molar-refractivity contribution in [1.82, 2.24) is 0 Å². The van der Waals surface area contributed by atoms with E-state index in [9.17, 15) is 14.3 Å². The van der Waals surface area contributed by atoms with Gasteiger partial charge in [0.15, 0.2) is 6.29 Å². The molecule has 0 bridgehead atoms. The van der Waals surface area contributed by atoms with Crippen LogP contribution in [-0.2, 0) is 0 Å². The predicted molar refractivity (Wildman–Crippen MR) is 63.9 cm³/mol. The molecule has 0 radical (unpaired) electrons. The minimum atomic E-state index is -0.526. The molecule has 0 unspecified atom stereocenters. The van der Waals surface area contributed by atoms with E-state index in [0.29, 0.717) is 17.4 Å². The summed E-state index contributed by atoms with van der Waals surface area (Å²) in [6.45, 7) is 0. The number of rotatable bonds is 2. The van der Waals surface area contributed by atoms with Gasteiger partial charge in [0.1, 0.15) is 11.6 Å². The number of hydrogen-bond donors (Lipinski definition) is 1. The molecule has 2 aromatic carbocycles. The molecule has 0 atom stereocenters. The van der Waals surface area contributed by atoms with Crippen molar-refractivity contribution >= 4 is 17.9 Å². The van der Waals surface area contributed by atoms with Crippen LogP contribution in [-0.4, -0.2) is 11.4 Å². The summed E-state index contributed by atoms with van der Waals surface area (Å²) in [4.78, 5) is 10.7. The van der Waals surface area contributed by atoms with E-state index in [1.165, 1.54) is 24.3 Å². The topological polar surface area (TPSA) is 37.3 Å². The maximum Gasteiger partial charge on any atom is 0.153 e. The molecule has 0 fully saturated rings. The first-order chi connectivity index (χ1) is 8.13. The molecule has 2 aromatic rings. The van der Waals surface area contributed by atoms with Crippen molar-refractivity contribution in [2.45, 2.75) is 0 Å². The number of carbonyl (C=O) groups excluding carboxylic acids is 1. The number of halogens is 2. The quantitative estimate of drug-likeness (QED) is 0.826. The molecule has 2 nitrogen and oxygen atoms in total. The first-order valence-corrected chi connectivity index (χ1v) is 5.24. The molecule has 0 heterocycles. The Morgan fingerprint density at radius 3 is 2.65 bits per heavy atom. The number of hydrogen-bond acceptors (Lipinski definition) is 2. The molecule has 1 N–H and O–H groups in total. The summed E-state index contributed by atoms with van der Waals surface area (Å²) >= 11 is 5.66. The molecule has 4 heteroatoms. The van der Waals surface area contributed by atoms with Crippen LogP contribution in [0.5, 0.6) is 5.75 Å². The van der Waals surface area contributed by atoms with Crippen LogP contribution in [0.4, 0.5) is 4.39 Å². The van der Waals surface area contributed by atoms with Crippen LogP contribution in [0.25, 0.3) is 11.1 Å². The van der Waals surface area contributed by atoms with E-state index in [4.69, 9.17) is 11.6 Å². The lowest BCUT2D eigenvalue weighted by atomic mass is 10.0. The van der Waals surface area contributed by atoms with Crippen molar-refractivity contribution in [3.8, 4) is 16.9 Å². The summed E-state index contributed by atoms with van der Waals surface area (Å²) in [5.41, 5.74) is 1.18. The Morgan fingerprint density at radius 2 is 2.00 bits per heavy atom. The van der Waals surface area contributed by atoms with Gasteiger partial charge in [0.05, 0.1) is 10.6 Å². The number of aromatic hydroxyl groups is 1. The third-order valence-electron chi connectivity index (χ3n) is 2.42. The van der Waals surface area contributed by atoms with E-state index in [1.807, 2.05) is 0 Å². The number of para-hydroxylation sites is 1. The fraction of sp³-hybridized carbons (Fsp3) is 0. The lowest BCUT2D eigenvalue weighted by Gasteiger charge is -2.07. The highest BCUT2D eigenvalue weighted by Crippen LogP contribution is 2.33. The molecular weight excluding hydrogens is 243 g/mol. The maximum absolute atomic E-state index is 13.0. The average molecular weight is 251 g/mol. The zero-order valence-electron chi connectivity index (χ0n) is 8.65. The van der Waals surface area contributed by atoms with Crippen LogP contribution in [0.1, 0.15) is 10.4 Å². The number of aldehydes is 1. The zero-order chi connectivity index (χ0) is 12.4. The second kappa shape index (κ2) is 4.55. The molecule has 0 amide bonds. The van der Waals surface area contributed by atoms with Gasteiger partial charge in [-0.25, -0.2) is 4.39 Å². The van der Waals surface area contributed by atoms with Gasteiger partial charge in [-0.2, -0.15) is 0 Å². The Kier molecular flexibility index (Phi) is 3.11. The third kappa shape index (κ3) is 2.15. The highest BCUT2D eigenvalue weighted by atomic mass is 35.5. The molecular formula is C13H8ClFO2. The summed E-state index contributed by atoms with van der Waals surface area (Å²) in [7, 11) is 0. The van der Waals surface area contributed by atoms with E-state index in [1.54, 1.807) is 12.1 Å².